The van der Waals surface area contributed by atoms with E-state index in [-0.39, 0.29) is 30.0 Å². The first-order chi connectivity index (χ1) is 20.0. The van der Waals surface area contributed by atoms with Crippen LogP contribution in [0.2, 0.25) is 0 Å². The average molecular weight is 557 g/mol. The number of imidazole rings is 1. The third-order valence-electron chi connectivity index (χ3n) is 7.79. The number of hydrogen-bond acceptors (Lipinski definition) is 7. The molecule has 1 atom stereocenters. The number of carboxylic acids is 1. The largest absolute Gasteiger partial charge is 0.477 e. The van der Waals surface area contributed by atoms with Crippen LogP contribution < -0.4 is 4.74 Å². The topological polar surface area (TPSA) is 107 Å². The van der Waals surface area contributed by atoms with E-state index in [2.05, 4.69) is 19.7 Å². The van der Waals surface area contributed by atoms with E-state index in [0.29, 0.717) is 35.7 Å². The molecule has 0 unspecified atom stereocenters. The molecule has 3 aromatic heterocycles. The van der Waals surface area contributed by atoms with Crippen LogP contribution in [-0.4, -0.2) is 61.3 Å². The number of likely N-dealkylation sites (tertiary alicyclic amines) is 1. The van der Waals surface area contributed by atoms with Crippen LogP contribution in [0.4, 0.5) is 10.1 Å². The van der Waals surface area contributed by atoms with Crippen LogP contribution in [0.1, 0.15) is 52.6 Å². The van der Waals surface area contributed by atoms with E-state index in [4.69, 9.17) is 21.0 Å². The summed E-state index contributed by atoms with van der Waals surface area (Å²) in [6.07, 6.45) is 4.49. The first kappa shape index (κ1) is 26.8. The number of carboxylic acid groups (broad SMARTS) is 1. The minimum absolute atomic E-state index is 0.00170. The van der Waals surface area contributed by atoms with E-state index >= 15 is 0 Å². The highest BCUT2D eigenvalue weighted by atomic mass is 19.1. The highest BCUT2D eigenvalue weighted by Crippen LogP contribution is 2.34. The Morgan fingerprint density at radius 1 is 1.17 bits per heavy atom. The fourth-order valence-corrected chi connectivity index (χ4v) is 5.42. The predicted octanol–water partition coefficient (Wildman–Crippen LogP) is 4.96. The molecule has 2 fully saturated rings. The summed E-state index contributed by atoms with van der Waals surface area (Å²) in [5.74, 6) is 0.0627. The standard InChI is InChI=1S/C30H29FN6O4/c1-32-21-5-4-20(24(31)15-21)18-41-29-23(3-2-11-33-29)19-8-12-36(13-9-19)17-27-34-25-6-7-26(30(38)39)35-28(25)37(27)16-22-10-14-40-22/h2-7,11,15,19,22H,8-10,12-14,16-18H2,(H,38,39)/t22-/m0/s1. The van der Waals surface area contributed by atoms with Gasteiger partial charge in [0, 0.05) is 23.9 Å². The highest BCUT2D eigenvalue weighted by molar-refractivity contribution is 5.88. The van der Waals surface area contributed by atoms with E-state index < -0.39 is 11.8 Å². The lowest BCUT2D eigenvalue weighted by atomic mass is 9.90. The van der Waals surface area contributed by atoms with Gasteiger partial charge < -0.3 is 19.1 Å². The Bertz CT molecular complexity index is 1620. The lowest BCUT2D eigenvalue weighted by molar-refractivity contribution is -0.0593. The van der Waals surface area contributed by atoms with Crippen LogP contribution >= 0.6 is 0 Å². The van der Waals surface area contributed by atoms with Crippen LogP contribution in [0.3, 0.4) is 0 Å². The van der Waals surface area contributed by atoms with E-state index in [0.717, 1.165) is 50.3 Å². The number of fused-ring (bicyclic) bond motifs is 1. The van der Waals surface area contributed by atoms with Crippen molar-refractivity contribution in [2.75, 3.05) is 19.7 Å². The number of aromatic carboxylic acids is 1. The molecule has 0 aliphatic carbocycles. The number of halogens is 1. The van der Waals surface area contributed by atoms with Crippen LogP contribution in [0.15, 0.2) is 48.7 Å². The second kappa shape index (κ2) is 11.6. The average Bonchev–Trinajstić information content (AvgIpc) is 3.30. The van der Waals surface area contributed by atoms with Gasteiger partial charge in [0.05, 0.1) is 25.8 Å². The Morgan fingerprint density at radius 3 is 2.71 bits per heavy atom. The molecule has 210 valence electrons. The van der Waals surface area contributed by atoms with Gasteiger partial charge in [-0.1, -0.05) is 18.2 Å². The molecule has 0 saturated carbocycles. The zero-order valence-electron chi connectivity index (χ0n) is 22.4. The zero-order chi connectivity index (χ0) is 28.3. The molecule has 2 saturated heterocycles. The number of carbonyl (C=O) groups is 1. The second-order valence-electron chi connectivity index (χ2n) is 10.4. The van der Waals surface area contributed by atoms with Crippen LogP contribution in [0.5, 0.6) is 5.88 Å². The molecule has 10 nitrogen and oxygen atoms in total. The van der Waals surface area contributed by atoms with Crippen molar-refractivity contribution >= 4 is 22.8 Å². The van der Waals surface area contributed by atoms with Crippen molar-refractivity contribution in [2.24, 2.45) is 0 Å². The maximum Gasteiger partial charge on any atom is 0.354 e. The zero-order valence-corrected chi connectivity index (χ0v) is 22.4. The summed E-state index contributed by atoms with van der Waals surface area (Å²) < 4.78 is 28.0. The maximum atomic E-state index is 14.4. The molecule has 6 rings (SSSR count). The summed E-state index contributed by atoms with van der Waals surface area (Å²) in [5, 5.41) is 9.44. The smallest absolute Gasteiger partial charge is 0.354 e. The molecule has 0 bridgehead atoms. The van der Waals surface area contributed by atoms with E-state index in [1.165, 1.54) is 12.1 Å². The number of ether oxygens (including phenoxy) is 2. The predicted molar refractivity (Wildman–Crippen MR) is 147 cm³/mol. The van der Waals surface area contributed by atoms with Crippen LogP contribution in [-0.2, 0) is 24.4 Å². The summed E-state index contributed by atoms with van der Waals surface area (Å²) in [4.78, 5) is 30.8. The molecule has 1 N–H and O–H groups in total. The number of piperidine rings is 1. The van der Waals surface area contributed by atoms with Crippen LogP contribution in [0.25, 0.3) is 16.0 Å². The number of hydrogen-bond donors (Lipinski definition) is 1. The Morgan fingerprint density at radius 2 is 2.00 bits per heavy atom. The third-order valence-corrected chi connectivity index (χ3v) is 7.79. The van der Waals surface area contributed by atoms with Gasteiger partial charge in [-0.2, -0.15) is 0 Å². The lowest BCUT2D eigenvalue weighted by Crippen LogP contribution is -2.35. The normalized spacial score (nSPS) is 17.7. The Kier molecular flexibility index (Phi) is 7.59. The van der Waals surface area contributed by atoms with Crippen molar-refractivity contribution in [2.45, 2.75) is 51.0 Å². The molecule has 5 heterocycles. The van der Waals surface area contributed by atoms with Crippen molar-refractivity contribution in [3.63, 3.8) is 0 Å². The molecule has 1 aromatic carbocycles. The lowest BCUT2D eigenvalue weighted by Gasteiger charge is -2.33. The van der Waals surface area contributed by atoms with Crippen molar-refractivity contribution in [1.82, 2.24) is 24.4 Å². The van der Waals surface area contributed by atoms with Gasteiger partial charge in [-0.05, 0) is 62.5 Å². The SMILES string of the molecule is [C-]#[N+]c1ccc(COc2ncccc2C2CCN(Cc3nc4ccc(C(=O)O)nc4n3C[C@@H]3CCO3)CC2)c(F)c1. The molecule has 0 amide bonds. The minimum Gasteiger partial charge on any atom is -0.477 e. The van der Waals surface area contributed by atoms with Crippen molar-refractivity contribution in [3.8, 4) is 5.88 Å². The number of pyridine rings is 2. The fourth-order valence-electron chi connectivity index (χ4n) is 5.42. The first-order valence-corrected chi connectivity index (χ1v) is 13.7. The first-order valence-electron chi connectivity index (χ1n) is 13.7. The van der Waals surface area contributed by atoms with Crippen LogP contribution in [0, 0.1) is 12.4 Å². The number of rotatable bonds is 9. The quantitative estimate of drug-likeness (QED) is 0.288. The van der Waals surface area contributed by atoms with Gasteiger partial charge in [-0.3, -0.25) is 4.90 Å². The van der Waals surface area contributed by atoms with E-state index in [1.54, 1.807) is 24.4 Å². The van der Waals surface area contributed by atoms with E-state index in [1.807, 2.05) is 16.7 Å². The monoisotopic (exact) mass is 556 g/mol. The van der Waals surface area contributed by atoms with Gasteiger partial charge in [-0.15, -0.1) is 0 Å². The number of nitrogens with zero attached hydrogens (tertiary/aromatic N) is 6. The Labute approximate surface area is 236 Å². The van der Waals surface area contributed by atoms with Gasteiger partial charge in [-0.25, -0.2) is 29.0 Å². The molecule has 41 heavy (non-hydrogen) atoms. The number of benzene rings is 1. The van der Waals surface area contributed by atoms with Gasteiger partial charge in [0.1, 0.15) is 23.8 Å². The Balaban J connectivity index is 1.14. The summed E-state index contributed by atoms with van der Waals surface area (Å²) in [7, 11) is 0. The summed E-state index contributed by atoms with van der Waals surface area (Å²) in [6.45, 7) is 10.7. The van der Waals surface area contributed by atoms with Crippen molar-refractivity contribution < 1.29 is 23.8 Å². The summed E-state index contributed by atoms with van der Waals surface area (Å²) in [6, 6.07) is 11.5. The van der Waals surface area contributed by atoms with Crippen molar-refractivity contribution in [1.29, 1.82) is 0 Å². The van der Waals surface area contributed by atoms with Gasteiger partial charge in [0.15, 0.2) is 17.0 Å². The molecule has 0 radical (unpaired) electrons. The molecule has 2 aliphatic rings. The fraction of sp³-hybridized carbons (Fsp3) is 0.367. The van der Waals surface area contributed by atoms with Gasteiger partial charge >= 0.3 is 5.97 Å². The maximum absolute atomic E-state index is 14.4. The molecular weight excluding hydrogens is 527 g/mol. The summed E-state index contributed by atoms with van der Waals surface area (Å²) in [5.41, 5.74) is 2.89. The third kappa shape index (κ3) is 5.75. The molecule has 11 heteroatoms. The summed E-state index contributed by atoms with van der Waals surface area (Å²) >= 11 is 0. The molecule has 4 aromatic rings. The van der Waals surface area contributed by atoms with Gasteiger partial charge in [0.2, 0.25) is 5.88 Å². The Hall–Kier alpha value is -4.40. The van der Waals surface area contributed by atoms with E-state index in [9.17, 15) is 14.3 Å². The molecular formula is C30H29FN6O4. The minimum atomic E-state index is -1.06. The van der Waals surface area contributed by atoms with Gasteiger partial charge in [0.25, 0.3) is 0 Å². The second-order valence-corrected chi connectivity index (χ2v) is 10.4. The molecule has 2 aliphatic heterocycles. The van der Waals surface area contributed by atoms with Crippen molar-refractivity contribution in [3.05, 3.63) is 88.5 Å². The highest BCUT2D eigenvalue weighted by Gasteiger charge is 2.27. The number of aromatic nitrogens is 4. The molecule has 0 spiro atoms.